The number of nitrogens with zero attached hydrogens (tertiary/aromatic N) is 2. The number of nitrogens with two attached hydrogens (primary N) is 1. The minimum Gasteiger partial charge on any atom is -0.384 e. The highest BCUT2D eigenvalue weighted by Gasteiger charge is 2.35. The molecule has 1 aromatic rings. The summed E-state index contributed by atoms with van der Waals surface area (Å²) in [6, 6.07) is 1.31. The fourth-order valence-electron chi connectivity index (χ4n) is 1.80. The lowest BCUT2D eigenvalue weighted by molar-refractivity contribution is -0.144. The molecule has 0 aromatic carbocycles. The second-order valence-electron chi connectivity index (χ2n) is 4.45. The summed E-state index contributed by atoms with van der Waals surface area (Å²) < 4.78 is 37.8. The van der Waals surface area contributed by atoms with E-state index in [-0.39, 0.29) is 16.4 Å². The van der Waals surface area contributed by atoms with Gasteiger partial charge in [0.1, 0.15) is 11.6 Å². The lowest BCUT2D eigenvalue weighted by Gasteiger charge is -2.30. The van der Waals surface area contributed by atoms with Crippen LogP contribution in [0.3, 0.4) is 0 Å². The van der Waals surface area contributed by atoms with Gasteiger partial charge in [-0.25, -0.2) is 9.97 Å². The summed E-state index contributed by atoms with van der Waals surface area (Å²) in [6.07, 6.45) is -0.795. The van der Waals surface area contributed by atoms with E-state index in [9.17, 15) is 13.2 Å². The Hall–Kier alpha value is -1.18. The number of thioether (sulfide) groups is 1. The van der Waals surface area contributed by atoms with Gasteiger partial charge in [0.25, 0.3) is 0 Å². The van der Waals surface area contributed by atoms with Crippen molar-refractivity contribution in [2.24, 2.45) is 0 Å². The average Bonchev–Trinajstić information content (AvgIpc) is 2.39. The maximum absolute atomic E-state index is 12.6. The fraction of sp³-hybridized carbons (Fsp3) is 0.667. The van der Waals surface area contributed by atoms with E-state index >= 15 is 0 Å². The first-order chi connectivity index (χ1) is 9.26. The van der Waals surface area contributed by atoms with Crippen LogP contribution in [0.4, 0.5) is 24.8 Å². The summed E-state index contributed by atoms with van der Waals surface area (Å²) in [6.45, 7) is 4.63. The molecule has 0 amide bonds. The molecule has 0 fully saturated rings. The molecule has 0 aliphatic heterocycles. The first kappa shape index (κ1) is 16.9. The predicted octanol–water partition coefficient (Wildman–Crippen LogP) is 3.41. The van der Waals surface area contributed by atoms with E-state index in [1.165, 1.54) is 6.07 Å². The quantitative estimate of drug-likeness (QED) is 0.843. The number of nitrogen functional groups attached to an aromatic ring is 1. The third-order valence-electron chi connectivity index (χ3n) is 3.31. The summed E-state index contributed by atoms with van der Waals surface area (Å²) >= 11 is 1.69. The Morgan fingerprint density at radius 2 is 1.85 bits per heavy atom. The Morgan fingerprint density at radius 1 is 1.25 bits per heavy atom. The Kier molecular flexibility index (Phi) is 5.50. The van der Waals surface area contributed by atoms with Gasteiger partial charge in [-0.3, -0.25) is 0 Å². The van der Waals surface area contributed by atoms with E-state index in [1.54, 1.807) is 11.8 Å². The number of hydrogen-bond acceptors (Lipinski definition) is 5. The van der Waals surface area contributed by atoms with Gasteiger partial charge in [0.15, 0.2) is 0 Å². The number of hydrogen-bond donors (Lipinski definition) is 2. The highest BCUT2D eigenvalue weighted by Crippen LogP contribution is 2.31. The SMILES string of the molecule is CCC(CC)(CNc1cc(N)nc(C(F)(F)F)n1)SC. The van der Waals surface area contributed by atoms with E-state index in [1.807, 2.05) is 6.26 Å². The van der Waals surface area contributed by atoms with Crippen LogP contribution < -0.4 is 11.1 Å². The molecule has 114 valence electrons. The molecule has 1 rings (SSSR count). The van der Waals surface area contributed by atoms with Crippen molar-refractivity contribution in [3.63, 3.8) is 0 Å². The molecule has 0 atom stereocenters. The van der Waals surface area contributed by atoms with Crippen molar-refractivity contribution in [2.75, 3.05) is 23.9 Å². The van der Waals surface area contributed by atoms with Crippen LogP contribution >= 0.6 is 11.8 Å². The number of aromatic nitrogens is 2. The number of alkyl halides is 3. The molecule has 0 aliphatic rings. The number of anilines is 2. The van der Waals surface area contributed by atoms with Crippen LogP contribution in [0.1, 0.15) is 32.5 Å². The van der Waals surface area contributed by atoms with Gasteiger partial charge < -0.3 is 11.1 Å². The van der Waals surface area contributed by atoms with Crippen molar-refractivity contribution in [1.29, 1.82) is 0 Å². The number of nitrogens with one attached hydrogen (secondary N) is 1. The average molecular weight is 308 g/mol. The Morgan fingerprint density at radius 3 is 2.30 bits per heavy atom. The van der Waals surface area contributed by atoms with E-state index in [0.29, 0.717) is 6.54 Å². The molecule has 0 aliphatic carbocycles. The summed E-state index contributed by atoms with van der Waals surface area (Å²) in [5, 5.41) is 2.94. The van der Waals surface area contributed by atoms with Crippen LogP contribution in [0.15, 0.2) is 6.07 Å². The van der Waals surface area contributed by atoms with Crippen molar-refractivity contribution < 1.29 is 13.2 Å². The molecular formula is C12H19F3N4S. The molecule has 0 spiro atoms. The molecular weight excluding hydrogens is 289 g/mol. The first-order valence-electron chi connectivity index (χ1n) is 6.27. The van der Waals surface area contributed by atoms with Crippen LogP contribution in [0.25, 0.3) is 0 Å². The van der Waals surface area contributed by atoms with Gasteiger partial charge in [0.2, 0.25) is 5.82 Å². The third kappa shape index (κ3) is 4.16. The largest absolute Gasteiger partial charge is 0.451 e. The monoisotopic (exact) mass is 308 g/mol. The van der Waals surface area contributed by atoms with E-state index < -0.39 is 12.0 Å². The van der Waals surface area contributed by atoms with Crippen LogP contribution in [0, 0.1) is 0 Å². The normalized spacial score (nSPS) is 12.5. The molecule has 0 saturated heterocycles. The van der Waals surface area contributed by atoms with Gasteiger partial charge in [-0.05, 0) is 19.1 Å². The fourth-order valence-corrected chi connectivity index (χ4v) is 2.59. The van der Waals surface area contributed by atoms with Crippen molar-refractivity contribution in [1.82, 2.24) is 9.97 Å². The first-order valence-corrected chi connectivity index (χ1v) is 7.49. The molecule has 20 heavy (non-hydrogen) atoms. The molecule has 3 N–H and O–H groups in total. The zero-order chi connectivity index (χ0) is 15.4. The number of rotatable bonds is 6. The van der Waals surface area contributed by atoms with Crippen molar-refractivity contribution >= 4 is 23.4 Å². The van der Waals surface area contributed by atoms with Crippen LogP contribution in [0.5, 0.6) is 0 Å². The van der Waals surface area contributed by atoms with Crippen LogP contribution in [-0.4, -0.2) is 27.5 Å². The second-order valence-corrected chi connectivity index (χ2v) is 5.72. The highest BCUT2D eigenvalue weighted by molar-refractivity contribution is 8.00. The zero-order valence-electron chi connectivity index (χ0n) is 11.7. The molecule has 0 radical (unpaired) electrons. The Balaban J connectivity index is 2.91. The van der Waals surface area contributed by atoms with Crippen LogP contribution in [0.2, 0.25) is 0 Å². The molecule has 0 unspecified atom stereocenters. The van der Waals surface area contributed by atoms with Crippen molar-refractivity contribution in [3.8, 4) is 0 Å². The van der Waals surface area contributed by atoms with Crippen molar-refractivity contribution in [2.45, 2.75) is 37.6 Å². The molecule has 1 aromatic heterocycles. The lowest BCUT2D eigenvalue weighted by Crippen LogP contribution is -2.32. The summed E-state index contributed by atoms with van der Waals surface area (Å²) in [5.74, 6) is -1.31. The smallest absolute Gasteiger partial charge is 0.384 e. The van der Waals surface area contributed by atoms with Gasteiger partial charge in [-0.15, -0.1) is 0 Å². The van der Waals surface area contributed by atoms with Gasteiger partial charge in [-0.1, -0.05) is 13.8 Å². The minimum atomic E-state index is -4.60. The summed E-state index contributed by atoms with van der Waals surface area (Å²) in [5.41, 5.74) is 5.40. The Bertz CT molecular complexity index is 439. The minimum absolute atomic E-state index is 0.0297. The molecule has 0 bridgehead atoms. The standard InChI is InChI=1S/C12H19F3N4S/c1-4-11(5-2,20-3)7-17-9-6-8(16)18-10(19-9)12(13,14)15/h6H,4-5,7H2,1-3H3,(H3,16,17,18,19). The van der Waals surface area contributed by atoms with Gasteiger partial charge in [0.05, 0.1) is 0 Å². The second kappa shape index (κ2) is 6.51. The van der Waals surface area contributed by atoms with E-state index in [0.717, 1.165) is 12.8 Å². The predicted molar refractivity (Wildman–Crippen MR) is 76.8 cm³/mol. The molecule has 4 nitrogen and oxygen atoms in total. The maximum atomic E-state index is 12.6. The summed E-state index contributed by atoms with van der Waals surface area (Å²) in [7, 11) is 0. The lowest BCUT2D eigenvalue weighted by atomic mass is 10.0. The third-order valence-corrected chi connectivity index (χ3v) is 4.90. The van der Waals surface area contributed by atoms with Gasteiger partial charge >= 0.3 is 6.18 Å². The topological polar surface area (TPSA) is 63.8 Å². The Labute approximate surface area is 120 Å². The van der Waals surface area contributed by atoms with Crippen molar-refractivity contribution in [3.05, 3.63) is 11.9 Å². The molecule has 8 heteroatoms. The van der Waals surface area contributed by atoms with E-state index in [4.69, 9.17) is 5.73 Å². The van der Waals surface area contributed by atoms with Crippen LogP contribution in [-0.2, 0) is 6.18 Å². The summed E-state index contributed by atoms with van der Waals surface area (Å²) in [4.78, 5) is 6.68. The highest BCUT2D eigenvalue weighted by atomic mass is 32.2. The zero-order valence-corrected chi connectivity index (χ0v) is 12.5. The van der Waals surface area contributed by atoms with Gasteiger partial charge in [0, 0.05) is 17.4 Å². The molecule has 1 heterocycles. The molecule has 0 saturated carbocycles. The van der Waals surface area contributed by atoms with Gasteiger partial charge in [-0.2, -0.15) is 24.9 Å². The maximum Gasteiger partial charge on any atom is 0.451 e. The number of halogens is 3. The van der Waals surface area contributed by atoms with E-state index in [2.05, 4.69) is 29.1 Å².